The monoisotopic (exact) mass is 419 g/mol. The fourth-order valence-corrected chi connectivity index (χ4v) is 4.94. The molecule has 0 unspecified atom stereocenters. The Bertz CT molecular complexity index is 842. The van der Waals surface area contributed by atoms with Crippen LogP contribution in [0.5, 0.6) is 0 Å². The first-order chi connectivity index (χ1) is 13.9. The van der Waals surface area contributed by atoms with Crippen molar-refractivity contribution in [3.8, 4) is 10.6 Å². The van der Waals surface area contributed by atoms with Gasteiger partial charge in [0.1, 0.15) is 10.8 Å². The lowest BCUT2D eigenvalue weighted by molar-refractivity contribution is 0.0337. The molecular formula is C21H30FN5OS. The van der Waals surface area contributed by atoms with E-state index in [1.54, 1.807) is 12.1 Å². The van der Waals surface area contributed by atoms with Gasteiger partial charge in [-0.15, -0.1) is 11.3 Å². The van der Waals surface area contributed by atoms with Crippen molar-refractivity contribution in [3.05, 3.63) is 29.0 Å². The number of halogens is 1. The third-order valence-corrected chi connectivity index (χ3v) is 7.01. The zero-order chi connectivity index (χ0) is 20.5. The minimum Gasteiger partial charge on any atom is -0.397 e. The fraction of sp³-hybridized carbons (Fsp3) is 0.571. The highest BCUT2D eigenvalue weighted by Crippen LogP contribution is 2.35. The largest absolute Gasteiger partial charge is 0.397 e. The van der Waals surface area contributed by atoms with Crippen LogP contribution in [0, 0.1) is 5.82 Å². The minimum absolute atomic E-state index is 0.263. The Kier molecular flexibility index (Phi) is 6.06. The van der Waals surface area contributed by atoms with E-state index in [1.807, 2.05) is 5.38 Å². The average molecular weight is 420 g/mol. The lowest BCUT2D eigenvalue weighted by atomic mass is 10.1. The van der Waals surface area contributed by atoms with Gasteiger partial charge >= 0.3 is 0 Å². The molecule has 0 saturated carbocycles. The molecule has 2 saturated heterocycles. The number of nitrogen functional groups attached to an aromatic ring is 1. The molecule has 3 heterocycles. The predicted octanol–water partition coefficient (Wildman–Crippen LogP) is 2.89. The second-order valence-corrected chi connectivity index (χ2v) is 9.05. The first-order valence-electron chi connectivity index (χ1n) is 10.2. The van der Waals surface area contributed by atoms with E-state index in [-0.39, 0.29) is 5.82 Å². The van der Waals surface area contributed by atoms with Crippen molar-refractivity contribution in [2.75, 3.05) is 57.1 Å². The predicted molar refractivity (Wildman–Crippen MR) is 117 cm³/mol. The Balaban J connectivity index is 1.53. The van der Waals surface area contributed by atoms with Gasteiger partial charge in [-0.3, -0.25) is 9.80 Å². The number of hydrogen-bond acceptors (Lipinski definition) is 7. The van der Waals surface area contributed by atoms with Gasteiger partial charge in [-0.1, -0.05) is 0 Å². The average Bonchev–Trinajstić information content (AvgIpc) is 3.16. The number of likely N-dealkylation sites (N-methyl/N-ethyl adjacent to an activating group) is 1. The summed E-state index contributed by atoms with van der Waals surface area (Å²) in [6, 6.07) is 4.11. The zero-order valence-electron chi connectivity index (χ0n) is 17.4. The SMILES string of the molecule is C[C@@H]1CN(c2cc(F)c(-c3nc(CN4CCOCC4)cs3)cc2N)C[C@H](C)N1C. The third kappa shape index (κ3) is 4.40. The molecule has 0 radical (unpaired) electrons. The number of piperazine rings is 1. The number of thiazole rings is 1. The van der Waals surface area contributed by atoms with Crippen molar-refractivity contribution >= 4 is 22.7 Å². The van der Waals surface area contributed by atoms with Gasteiger partial charge in [-0.25, -0.2) is 9.37 Å². The summed E-state index contributed by atoms with van der Waals surface area (Å²) in [4.78, 5) is 11.5. The smallest absolute Gasteiger partial charge is 0.135 e. The van der Waals surface area contributed by atoms with Gasteiger partial charge < -0.3 is 15.4 Å². The molecule has 0 aliphatic carbocycles. The summed E-state index contributed by atoms with van der Waals surface area (Å²) in [5.41, 5.74) is 9.21. The molecule has 4 rings (SSSR count). The number of ether oxygens (including phenoxy) is 1. The van der Waals surface area contributed by atoms with Crippen LogP contribution in [-0.2, 0) is 11.3 Å². The highest BCUT2D eigenvalue weighted by atomic mass is 32.1. The molecule has 0 amide bonds. The van der Waals surface area contributed by atoms with E-state index in [2.05, 4.69) is 40.6 Å². The topological polar surface area (TPSA) is 57.9 Å². The van der Waals surface area contributed by atoms with Crippen molar-refractivity contribution in [1.29, 1.82) is 0 Å². The first-order valence-corrected chi connectivity index (χ1v) is 11.1. The summed E-state index contributed by atoms with van der Waals surface area (Å²) in [5.74, 6) is -0.263. The van der Waals surface area contributed by atoms with Gasteiger partial charge in [0.2, 0.25) is 0 Å². The summed E-state index contributed by atoms with van der Waals surface area (Å²) in [7, 11) is 2.14. The van der Waals surface area contributed by atoms with Gasteiger partial charge in [0, 0.05) is 61.8 Å². The van der Waals surface area contributed by atoms with Crippen LogP contribution in [0.2, 0.25) is 0 Å². The Morgan fingerprint density at radius 3 is 2.59 bits per heavy atom. The number of nitrogens with zero attached hydrogens (tertiary/aromatic N) is 4. The molecule has 1 aromatic carbocycles. The molecular weight excluding hydrogens is 389 g/mol. The number of anilines is 2. The molecule has 1 aromatic heterocycles. The van der Waals surface area contributed by atoms with Crippen LogP contribution in [0.3, 0.4) is 0 Å². The number of nitrogens with two attached hydrogens (primary N) is 1. The second kappa shape index (κ2) is 8.55. The number of hydrogen-bond donors (Lipinski definition) is 1. The van der Waals surface area contributed by atoms with Crippen LogP contribution in [0.4, 0.5) is 15.8 Å². The van der Waals surface area contributed by atoms with Gasteiger partial charge in [0.05, 0.1) is 30.3 Å². The maximum absolute atomic E-state index is 15.1. The van der Waals surface area contributed by atoms with Gasteiger partial charge in [0.15, 0.2) is 0 Å². The summed E-state index contributed by atoms with van der Waals surface area (Å²) in [5, 5.41) is 2.70. The van der Waals surface area contributed by atoms with Crippen molar-refractivity contribution in [2.45, 2.75) is 32.5 Å². The zero-order valence-corrected chi connectivity index (χ0v) is 18.2. The Morgan fingerprint density at radius 2 is 1.90 bits per heavy atom. The Labute approximate surface area is 176 Å². The summed E-state index contributed by atoms with van der Waals surface area (Å²) in [6.07, 6.45) is 0. The minimum atomic E-state index is -0.263. The van der Waals surface area contributed by atoms with E-state index < -0.39 is 0 Å². The maximum atomic E-state index is 15.1. The van der Waals surface area contributed by atoms with Crippen LogP contribution >= 0.6 is 11.3 Å². The fourth-order valence-electron chi connectivity index (χ4n) is 4.11. The number of rotatable bonds is 4. The second-order valence-electron chi connectivity index (χ2n) is 8.19. The van der Waals surface area contributed by atoms with E-state index in [1.165, 1.54) is 11.3 Å². The molecule has 2 aromatic rings. The van der Waals surface area contributed by atoms with E-state index in [4.69, 9.17) is 10.5 Å². The lowest BCUT2D eigenvalue weighted by Crippen LogP contribution is -2.55. The number of aromatic nitrogens is 1. The quantitative estimate of drug-likeness (QED) is 0.769. The van der Waals surface area contributed by atoms with Crippen LogP contribution in [0.25, 0.3) is 10.6 Å². The molecule has 0 spiro atoms. The van der Waals surface area contributed by atoms with Gasteiger partial charge in [-0.05, 0) is 27.0 Å². The van der Waals surface area contributed by atoms with E-state index in [9.17, 15) is 0 Å². The summed E-state index contributed by atoms with van der Waals surface area (Å²) < 4.78 is 20.4. The van der Waals surface area contributed by atoms with Crippen molar-refractivity contribution in [3.63, 3.8) is 0 Å². The molecule has 2 aliphatic heterocycles. The molecule has 0 bridgehead atoms. The normalized spacial score (nSPS) is 24.2. The first kappa shape index (κ1) is 20.5. The van der Waals surface area contributed by atoms with Crippen LogP contribution < -0.4 is 10.6 Å². The van der Waals surface area contributed by atoms with E-state index in [0.717, 1.165) is 57.3 Å². The molecule has 8 heteroatoms. The van der Waals surface area contributed by atoms with Crippen molar-refractivity contribution in [2.24, 2.45) is 0 Å². The van der Waals surface area contributed by atoms with Crippen LogP contribution in [-0.4, -0.2) is 73.3 Å². The van der Waals surface area contributed by atoms with Crippen LogP contribution in [0.15, 0.2) is 17.5 Å². The summed E-state index contributed by atoms with van der Waals surface area (Å²) >= 11 is 1.47. The molecule has 2 N–H and O–H groups in total. The highest BCUT2D eigenvalue weighted by Gasteiger charge is 2.28. The Hall–Kier alpha value is -1.74. The third-order valence-electron chi connectivity index (χ3n) is 6.09. The molecule has 6 nitrogen and oxygen atoms in total. The van der Waals surface area contributed by atoms with Gasteiger partial charge in [0.25, 0.3) is 0 Å². The van der Waals surface area contributed by atoms with E-state index >= 15 is 4.39 Å². The van der Waals surface area contributed by atoms with E-state index in [0.29, 0.717) is 28.3 Å². The standard InChI is InChI=1S/C21H30FN5OS/c1-14-10-27(11-15(2)25(14)3)20-9-18(22)17(8-19(20)23)21-24-16(13-29-21)12-26-4-6-28-7-5-26/h8-9,13-15H,4-7,10-12,23H2,1-3H3/t14-,15+. The summed E-state index contributed by atoms with van der Waals surface area (Å²) in [6.45, 7) is 10.2. The molecule has 2 fully saturated rings. The van der Waals surface area contributed by atoms with Crippen LogP contribution in [0.1, 0.15) is 19.5 Å². The van der Waals surface area contributed by atoms with Gasteiger partial charge in [-0.2, -0.15) is 0 Å². The molecule has 2 aliphatic rings. The number of morpholine rings is 1. The molecule has 158 valence electrons. The van der Waals surface area contributed by atoms with Crippen molar-refractivity contribution < 1.29 is 9.13 Å². The lowest BCUT2D eigenvalue weighted by Gasteiger charge is -2.43. The highest BCUT2D eigenvalue weighted by molar-refractivity contribution is 7.13. The molecule has 29 heavy (non-hydrogen) atoms. The molecule has 2 atom stereocenters. The maximum Gasteiger partial charge on any atom is 0.135 e. The number of benzene rings is 1. The Morgan fingerprint density at radius 1 is 1.21 bits per heavy atom. The van der Waals surface area contributed by atoms with Crippen molar-refractivity contribution in [1.82, 2.24) is 14.8 Å².